The second-order valence-electron chi connectivity index (χ2n) is 12.9. The molecule has 2 rings (SSSR count). The highest BCUT2D eigenvalue weighted by atomic mass is 79.9. The zero-order chi connectivity index (χ0) is 34.3. The molecule has 0 aliphatic rings. The standard InChI is InChI=1S/C34H54N6O6.2BrH/c1-9-39(7,25-29-31(19-15-21-35-29)45-33(43)37(3)4)23-27(41)17-13-11-12-14-18-28(42)24-40(8,10-2)26-30-32(20-16-22-36-30)46-34(44)38(5)6;;/h15-16,19-22H,9-14,17-18,23-26H2,1-8H3;2*1H/q+2;;/p-2. The van der Waals surface area contributed by atoms with E-state index in [-0.39, 0.29) is 45.5 Å². The van der Waals surface area contributed by atoms with Crippen LogP contribution < -0.4 is 43.4 Å². The Labute approximate surface area is 307 Å². The quantitative estimate of drug-likeness (QED) is 0.128. The minimum Gasteiger partial charge on any atom is -1.00 e. The average molecular weight is 803 g/mol. The van der Waals surface area contributed by atoms with Crippen LogP contribution in [-0.2, 0) is 22.7 Å². The molecule has 0 saturated heterocycles. The molecular weight excluding hydrogens is 748 g/mol. The zero-order valence-corrected chi connectivity index (χ0v) is 33.0. The third-order valence-corrected chi connectivity index (χ3v) is 8.19. The summed E-state index contributed by atoms with van der Waals surface area (Å²) in [4.78, 5) is 61.6. The second kappa shape index (κ2) is 21.9. The van der Waals surface area contributed by atoms with E-state index in [4.69, 9.17) is 9.47 Å². The highest BCUT2D eigenvalue weighted by Crippen LogP contribution is 2.23. The van der Waals surface area contributed by atoms with Crippen molar-refractivity contribution in [3.8, 4) is 11.5 Å². The van der Waals surface area contributed by atoms with Gasteiger partial charge in [-0.15, -0.1) is 0 Å². The van der Waals surface area contributed by atoms with Crippen LogP contribution in [0.4, 0.5) is 9.59 Å². The number of unbranched alkanes of at least 4 members (excludes halogenated alkanes) is 3. The number of hydrogen-bond acceptors (Lipinski definition) is 8. The number of aromatic nitrogens is 2. The monoisotopic (exact) mass is 800 g/mol. The van der Waals surface area contributed by atoms with Crippen LogP contribution in [0.5, 0.6) is 11.5 Å². The molecule has 0 aliphatic heterocycles. The predicted octanol–water partition coefficient (Wildman–Crippen LogP) is -1.28. The number of amides is 2. The number of ketones is 2. The Morgan fingerprint density at radius 3 is 1.31 bits per heavy atom. The van der Waals surface area contributed by atoms with Gasteiger partial charge in [-0.3, -0.25) is 19.6 Å². The van der Waals surface area contributed by atoms with Crippen LogP contribution in [0.25, 0.3) is 0 Å². The third kappa shape index (κ3) is 15.5. The van der Waals surface area contributed by atoms with Gasteiger partial charge in [0.05, 0.1) is 27.2 Å². The summed E-state index contributed by atoms with van der Waals surface area (Å²) in [5.74, 6) is 1.19. The number of rotatable bonds is 19. The Balaban J connectivity index is 0.0000110. The maximum Gasteiger partial charge on any atom is 0.414 e. The molecule has 0 radical (unpaired) electrons. The summed E-state index contributed by atoms with van der Waals surface area (Å²) < 4.78 is 11.9. The highest BCUT2D eigenvalue weighted by Gasteiger charge is 2.28. The smallest absolute Gasteiger partial charge is 0.414 e. The molecular formula is C34H54Br2N6O6. The Morgan fingerprint density at radius 2 is 1.00 bits per heavy atom. The Hall–Kier alpha value is -2.94. The molecule has 270 valence electrons. The number of nitrogens with zero attached hydrogens (tertiary/aromatic N) is 6. The number of carbonyl (C=O) groups excluding carboxylic acids is 4. The highest BCUT2D eigenvalue weighted by molar-refractivity contribution is 5.80. The molecule has 12 nitrogen and oxygen atoms in total. The van der Waals surface area contributed by atoms with Crippen molar-refractivity contribution in [2.75, 3.05) is 68.5 Å². The van der Waals surface area contributed by atoms with E-state index in [2.05, 4.69) is 9.97 Å². The number of quaternary nitrogens is 2. The van der Waals surface area contributed by atoms with Gasteiger partial charge < -0.3 is 62.2 Å². The molecule has 14 heteroatoms. The summed E-state index contributed by atoms with van der Waals surface area (Å²) in [6.07, 6.45) is 6.69. The molecule has 0 N–H and O–H groups in total. The van der Waals surface area contributed by atoms with E-state index in [9.17, 15) is 19.2 Å². The van der Waals surface area contributed by atoms with E-state index < -0.39 is 12.2 Å². The fourth-order valence-corrected chi connectivity index (χ4v) is 4.93. The van der Waals surface area contributed by atoms with Crippen LogP contribution in [0.2, 0.25) is 0 Å². The van der Waals surface area contributed by atoms with Gasteiger partial charge in [0.2, 0.25) is 0 Å². The average Bonchev–Trinajstić information content (AvgIpc) is 3.00. The van der Waals surface area contributed by atoms with Gasteiger partial charge in [-0.2, -0.15) is 0 Å². The van der Waals surface area contributed by atoms with Crippen molar-refractivity contribution < 1.29 is 71.6 Å². The van der Waals surface area contributed by atoms with E-state index >= 15 is 0 Å². The van der Waals surface area contributed by atoms with Gasteiger partial charge in [0, 0.05) is 53.4 Å². The topological polar surface area (TPSA) is 119 Å². The first-order chi connectivity index (χ1) is 21.7. The molecule has 0 fully saturated rings. The van der Waals surface area contributed by atoms with E-state index in [0.717, 1.165) is 38.8 Å². The normalized spacial score (nSPS) is 13.1. The van der Waals surface area contributed by atoms with Gasteiger partial charge in [-0.05, 0) is 51.0 Å². The maximum absolute atomic E-state index is 12.9. The van der Waals surface area contributed by atoms with Crippen LogP contribution in [0.3, 0.4) is 0 Å². The molecule has 0 spiro atoms. The van der Waals surface area contributed by atoms with E-state index in [1.165, 1.54) is 9.80 Å². The SMILES string of the molecule is CC[N+](C)(CC(=O)CCCCCCC(=O)C[N+](C)(CC)Cc1ncccc1OC(=O)N(C)C)Cc1ncccc1OC(=O)N(C)C.[Br-].[Br-]. The Bertz CT molecular complexity index is 1230. The van der Waals surface area contributed by atoms with Crippen molar-refractivity contribution in [3.05, 3.63) is 48.0 Å². The number of ether oxygens (including phenoxy) is 2. The summed E-state index contributed by atoms with van der Waals surface area (Å²) >= 11 is 0. The fourth-order valence-electron chi connectivity index (χ4n) is 4.93. The van der Waals surface area contributed by atoms with Gasteiger partial charge in [-0.1, -0.05) is 12.8 Å². The third-order valence-electron chi connectivity index (χ3n) is 8.19. The van der Waals surface area contributed by atoms with Crippen LogP contribution in [0, 0.1) is 0 Å². The molecule has 2 heterocycles. The predicted molar refractivity (Wildman–Crippen MR) is 176 cm³/mol. The first-order valence-electron chi connectivity index (χ1n) is 16.1. The number of halogens is 2. The lowest BCUT2D eigenvalue weighted by Crippen LogP contribution is -3.00. The van der Waals surface area contributed by atoms with E-state index in [1.54, 1.807) is 64.8 Å². The number of likely N-dealkylation sites (N-methyl/N-ethyl adjacent to an activating group) is 2. The summed E-state index contributed by atoms with van der Waals surface area (Å²) in [5, 5.41) is 0. The summed E-state index contributed by atoms with van der Waals surface area (Å²) in [5.41, 5.74) is 1.29. The van der Waals surface area contributed by atoms with Crippen molar-refractivity contribution in [1.29, 1.82) is 0 Å². The van der Waals surface area contributed by atoms with Gasteiger partial charge in [0.25, 0.3) is 0 Å². The Morgan fingerprint density at radius 1 is 0.646 bits per heavy atom. The lowest BCUT2D eigenvalue weighted by molar-refractivity contribution is -0.913. The first-order valence-corrected chi connectivity index (χ1v) is 16.1. The van der Waals surface area contributed by atoms with Crippen LogP contribution in [0.15, 0.2) is 36.7 Å². The molecule has 2 aromatic rings. The molecule has 2 unspecified atom stereocenters. The first kappa shape index (κ1) is 45.1. The minimum absolute atomic E-state index is 0. The van der Waals surface area contributed by atoms with Crippen molar-refractivity contribution in [2.24, 2.45) is 0 Å². The fraction of sp³-hybridized carbons (Fsp3) is 0.588. The lowest BCUT2D eigenvalue weighted by atomic mass is 10.1. The summed E-state index contributed by atoms with van der Waals surface area (Å²) in [6, 6.07) is 6.90. The molecule has 2 aromatic heterocycles. The van der Waals surface area contributed by atoms with Crippen molar-refractivity contribution in [2.45, 2.75) is 65.5 Å². The largest absolute Gasteiger partial charge is 1.00 e. The number of hydrogen-bond donors (Lipinski definition) is 0. The summed E-state index contributed by atoms with van der Waals surface area (Å²) in [6.45, 7) is 7.21. The number of pyridine rings is 2. The van der Waals surface area contributed by atoms with Crippen molar-refractivity contribution in [3.63, 3.8) is 0 Å². The van der Waals surface area contributed by atoms with Crippen molar-refractivity contribution in [1.82, 2.24) is 19.8 Å². The van der Waals surface area contributed by atoms with E-state index in [1.807, 2.05) is 27.9 Å². The zero-order valence-electron chi connectivity index (χ0n) is 29.8. The van der Waals surface area contributed by atoms with Gasteiger partial charge in [0.1, 0.15) is 37.6 Å². The lowest BCUT2D eigenvalue weighted by Gasteiger charge is -2.33. The molecule has 0 aliphatic carbocycles. The van der Waals surface area contributed by atoms with Crippen molar-refractivity contribution >= 4 is 23.8 Å². The molecule has 2 amide bonds. The number of Topliss-reactive ketones (excluding diaryl/α,β-unsaturated/α-hetero) is 2. The molecule has 48 heavy (non-hydrogen) atoms. The van der Waals surface area contributed by atoms with Crippen LogP contribution >= 0.6 is 0 Å². The molecule has 0 saturated carbocycles. The van der Waals surface area contributed by atoms with Crippen LogP contribution in [0.1, 0.15) is 63.8 Å². The minimum atomic E-state index is -0.473. The van der Waals surface area contributed by atoms with Gasteiger partial charge in [0.15, 0.2) is 23.1 Å². The van der Waals surface area contributed by atoms with Gasteiger partial charge in [-0.25, -0.2) is 9.59 Å². The maximum atomic E-state index is 12.9. The van der Waals surface area contributed by atoms with Crippen LogP contribution in [-0.4, -0.2) is 121 Å². The Kier molecular flexibility index (Phi) is 20.6. The second-order valence-corrected chi connectivity index (χ2v) is 12.9. The van der Waals surface area contributed by atoms with Gasteiger partial charge >= 0.3 is 12.2 Å². The molecule has 0 bridgehead atoms. The summed E-state index contributed by atoms with van der Waals surface area (Å²) in [7, 11) is 10.5. The van der Waals surface area contributed by atoms with E-state index in [0.29, 0.717) is 70.9 Å². The number of carbonyl (C=O) groups is 4. The molecule has 2 atom stereocenters. The molecule has 0 aromatic carbocycles.